The first kappa shape index (κ1) is 18.8. The highest BCUT2D eigenvalue weighted by Gasteiger charge is 2.18. The zero-order valence-corrected chi connectivity index (χ0v) is 16.4. The average Bonchev–Trinajstić information content (AvgIpc) is 3.16. The zero-order chi connectivity index (χ0) is 19.4. The van der Waals surface area contributed by atoms with Crippen molar-refractivity contribution in [1.82, 2.24) is 4.57 Å². The van der Waals surface area contributed by atoms with Crippen LogP contribution in [-0.4, -0.2) is 24.6 Å². The van der Waals surface area contributed by atoms with Crippen LogP contribution in [-0.2, 0) is 4.79 Å². The van der Waals surface area contributed by atoms with Gasteiger partial charge in [0.25, 0.3) is 0 Å². The zero-order valence-electron chi connectivity index (χ0n) is 16.4. The van der Waals surface area contributed by atoms with Crippen molar-refractivity contribution in [2.75, 3.05) is 24.3 Å². The van der Waals surface area contributed by atoms with Crippen molar-refractivity contribution in [3.63, 3.8) is 0 Å². The third kappa shape index (κ3) is 4.59. The number of aryl methyl sites for hydroxylation is 2. The Kier molecular flexibility index (Phi) is 5.65. The van der Waals surface area contributed by atoms with Gasteiger partial charge in [0, 0.05) is 37.9 Å². The van der Waals surface area contributed by atoms with Gasteiger partial charge in [0.1, 0.15) is 0 Å². The summed E-state index contributed by atoms with van der Waals surface area (Å²) >= 11 is 0. The van der Waals surface area contributed by atoms with Crippen LogP contribution < -0.4 is 10.2 Å². The molecule has 1 N–H and O–H groups in total. The maximum atomic E-state index is 12.8. The third-order valence-corrected chi connectivity index (χ3v) is 4.80. The first-order valence-corrected chi connectivity index (χ1v) is 9.21. The molecule has 0 fully saturated rings. The lowest BCUT2D eigenvalue weighted by Gasteiger charge is -2.20. The summed E-state index contributed by atoms with van der Waals surface area (Å²) < 4.78 is 2.09. The highest BCUT2D eigenvalue weighted by Crippen LogP contribution is 2.25. The number of benzene rings is 2. The lowest BCUT2D eigenvalue weighted by Crippen LogP contribution is -2.20. The number of nitrogens with one attached hydrogen (secondary N) is 1. The number of aromatic nitrogens is 1. The fraction of sp³-hybridized carbons (Fsp3) is 0.261. The van der Waals surface area contributed by atoms with Crippen LogP contribution in [0.2, 0.25) is 0 Å². The molecule has 0 aliphatic carbocycles. The minimum absolute atomic E-state index is 0.00262. The molecule has 0 aliphatic rings. The van der Waals surface area contributed by atoms with Gasteiger partial charge >= 0.3 is 0 Å². The van der Waals surface area contributed by atoms with E-state index >= 15 is 0 Å². The molecule has 0 bridgehead atoms. The Morgan fingerprint density at radius 1 is 1.04 bits per heavy atom. The molecule has 0 spiro atoms. The Morgan fingerprint density at radius 2 is 1.70 bits per heavy atom. The standard InChI is InChI=1S/C23H27N3O/c1-17-7-10-19(11-8-17)22(26-13-5-6-14-26)16-23(27)24-20-12-9-18(2)21(15-20)25(3)4/h5-15,22H,16H2,1-4H3,(H,24,27)/t22-/m0/s1. The summed E-state index contributed by atoms with van der Waals surface area (Å²) in [6.07, 6.45) is 4.39. The van der Waals surface area contributed by atoms with Crippen LogP contribution in [0.25, 0.3) is 0 Å². The summed E-state index contributed by atoms with van der Waals surface area (Å²) in [6.45, 7) is 4.14. The Hall–Kier alpha value is -3.01. The lowest BCUT2D eigenvalue weighted by atomic mass is 10.0. The van der Waals surface area contributed by atoms with E-state index in [1.807, 2.05) is 56.8 Å². The largest absolute Gasteiger partial charge is 0.377 e. The van der Waals surface area contributed by atoms with Crippen LogP contribution in [0.1, 0.15) is 29.2 Å². The summed E-state index contributed by atoms with van der Waals surface area (Å²) in [4.78, 5) is 14.8. The van der Waals surface area contributed by atoms with Gasteiger partial charge in [0.05, 0.1) is 12.5 Å². The van der Waals surface area contributed by atoms with Crippen molar-refractivity contribution in [3.8, 4) is 0 Å². The molecule has 0 radical (unpaired) electrons. The molecule has 0 saturated carbocycles. The molecule has 4 heteroatoms. The van der Waals surface area contributed by atoms with Crippen molar-refractivity contribution in [1.29, 1.82) is 0 Å². The fourth-order valence-corrected chi connectivity index (χ4v) is 3.30. The molecule has 0 saturated heterocycles. The van der Waals surface area contributed by atoms with Crippen LogP contribution in [0, 0.1) is 13.8 Å². The van der Waals surface area contributed by atoms with E-state index in [0.29, 0.717) is 6.42 Å². The van der Waals surface area contributed by atoms with Gasteiger partial charge in [0.15, 0.2) is 0 Å². The van der Waals surface area contributed by atoms with Crippen LogP contribution in [0.15, 0.2) is 67.0 Å². The molecule has 1 aromatic heterocycles. The Balaban J connectivity index is 1.79. The third-order valence-electron chi connectivity index (χ3n) is 4.80. The summed E-state index contributed by atoms with van der Waals surface area (Å²) in [7, 11) is 4.01. The average molecular weight is 361 g/mol. The van der Waals surface area contributed by atoms with E-state index in [2.05, 4.69) is 52.9 Å². The topological polar surface area (TPSA) is 37.3 Å². The van der Waals surface area contributed by atoms with Gasteiger partial charge in [-0.3, -0.25) is 4.79 Å². The maximum absolute atomic E-state index is 12.8. The number of hydrogen-bond acceptors (Lipinski definition) is 2. The van der Waals surface area contributed by atoms with Gasteiger partial charge in [0.2, 0.25) is 5.91 Å². The molecule has 2 aromatic carbocycles. The van der Waals surface area contributed by atoms with Crippen molar-refractivity contribution >= 4 is 17.3 Å². The van der Waals surface area contributed by atoms with Gasteiger partial charge in [-0.05, 0) is 49.2 Å². The molecule has 3 rings (SSSR count). The van der Waals surface area contributed by atoms with Crippen LogP contribution >= 0.6 is 0 Å². The van der Waals surface area contributed by atoms with Crippen molar-refractivity contribution in [2.24, 2.45) is 0 Å². The molecule has 27 heavy (non-hydrogen) atoms. The molecule has 3 aromatic rings. The first-order valence-electron chi connectivity index (χ1n) is 9.21. The van der Waals surface area contributed by atoms with E-state index in [-0.39, 0.29) is 11.9 Å². The quantitative estimate of drug-likeness (QED) is 0.685. The Labute approximate surface area is 161 Å². The minimum atomic E-state index is -0.0284. The Morgan fingerprint density at radius 3 is 2.33 bits per heavy atom. The normalized spacial score (nSPS) is 11.9. The fourth-order valence-electron chi connectivity index (χ4n) is 3.30. The summed E-state index contributed by atoms with van der Waals surface area (Å²) in [5.74, 6) is 0.00262. The molecule has 0 aliphatic heterocycles. The van der Waals surface area contributed by atoms with E-state index in [1.54, 1.807) is 0 Å². The molecular weight excluding hydrogens is 334 g/mol. The highest BCUT2D eigenvalue weighted by molar-refractivity contribution is 5.92. The first-order chi connectivity index (χ1) is 12.9. The monoisotopic (exact) mass is 361 g/mol. The Bertz CT molecular complexity index is 896. The molecule has 1 heterocycles. The number of nitrogens with zero attached hydrogens (tertiary/aromatic N) is 2. The van der Waals surface area contributed by atoms with Gasteiger partial charge in [-0.1, -0.05) is 35.9 Å². The molecule has 1 atom stereocenters. The smallest absolute Gasteiger partial charge is 0.226 e. The second-order valence-electron chi connectivity index (χ2n) is 7.20. The summed E-state index contributed by atoms with van der Waals surface area (Å²) in [6, 6.07) is 18.3. The van der Waals surface area contributed by atoms with Crippen LogP contribution in [0.3, 0.4) is 0 Å². The molecule has 0 unspecified atom stereocenters. The summed E-state index contributed by atoms with van der Waals surface area (Å²) in [5.41, 5.74) is 5.45. The lowest BCUT2D eigenvalue weighted by molar-refractivity contribution is -0.116. The predicted molar refractivity (Wildman–Crippen MR) is 113 cm³/mol. The number of carbonyl (C=O) groups is 1. The van der Waals surface area contributed by atoms with Gasteiger partial charge in [-0.15, -0.1) is 0 Å². The van der Waals surface area contributed by atoms with E-state index in [4.69, 9.17) is 0 Å². The van der Waals surface area contributed by atoms with E-state index in [9.17, 15) is 4.79 Å². The van der Waals surface area contributed by atoms with Crippen molar-refractivity contribution < 1.29 is 4.79 Å². The number of anilines is 2. The molecule has 140 valence electrons. The van der Waals surface area contributed by atoms with E-state index < -0.39 is 0 Å². The van der Waals surface area contributed by atoms with Crippen molar-refractivity contribution in [3.05, 3.63) is 83.7 Å². The number of rotatable bonds is 6. The second kappa shape index (κ2) is 8.12. The highest BCUT2D eigenvalue weighted by atomic mass is 16.1. The van der Waals surface area contributed by atoms with E-state index in [1.165, 1.54) is 11.1 Å². The van der Waals surface area contributed by atoms with Gasteiger partial charge in [-0.25, -0.2) is 0 Å². The molecule has 4 nitrogen and oxygen atoms in total. The number of carbonyl (C=O) groups excluding carboxylic acids is 1. The number of amides is 1. The predicted octanol–water partition coefficient (Wildman–Crippen LogP) is 4.79. The van der Waals surface area contributed by atoms with Gasteiger partial charge in [-0.2, -0.15) is 0 Å². The summed E-state index contributed by atoms with van der Waals surface area (Å²) in [5, 5.41) is 3.06. The van der Waals surface area contributed by atoms with Crippen LogP contribution in [0.5, 0.6) is 0 Å². The second-order valence-corrected chi connectivity index (χ2v) is 7.20. The molecular formula is C23H27N3O. The maximum Gasteiger partial charge on any atom is 0.226 e. The van der Waals surface area contributed by atoms with Crippen molar-refractivity contribution in [2.45, 2.75) is 26.3 Å². The SMILES string of the molecule is Cc1ccc([C@H](CC(=O)Nc2ccc(C)c(N(C)C)c2)n2cccc2)cc1. The van der Waals surface area contributed by atoms with Gasteiger partial charge < -0.3 is 14.8 Å². The van der Waals surface area contributed by atoms with Crippen LogP contribution in [0.4, 0.5) is 11.4 Å². The number of hydrogen-bond donors (Lipinski definition) is 1. The molecule has 1 amide bonds. The minimum Gasteiger partial charge on any atom is -0.377 e. The van der Waals surface area contributed by atoms with E-state index in [0.717, 1.165) is 16.9 Å².